The van der Waals surface area contributed by atoms with Gasteiger partial charge in [-0.1, -0.05) is 218 Å². The van der Waals surface area contributed by atoms with Gasteiger partial charge in [0.1, 0.15) is 12.0 Å². The van der Waals surface area contributed by atoms with Gasteiger partial charge in [0.2, 0.25) is 0 Å². The summed E-state index contributed by atoms with van der Waals surface area (Å²) in [6.07, 6.45) is -0.800. The summed E-state index contributed by atoms with van der Waals surface area (Å²) >= 11 is 0. The van der Waals surface area contributed by atoms with Gasteiger partial charge in [-0.2, -0.15) is 0 Å². The summed E-state index contributed by atoms with van der Waals surface area (Å²) in [6, 6.07) is 89.5. The molecule has 2 aromatic heterocycles. The molecule has 13 rings (SSSR count). The average molecular weight is 872 g/mol. The molecule has 3 heterocycles. The number of aliphatic imine (C=N–C) groups is 1. The number of nitrogens with one attached hydrogen (secondary N) is 2. The Morgan fingerprint density at radius 1 is 0.368 bits per heavy atom. The molecule has 10 aromatic carbocycles. The highest BCUT2D eigenvalue weighted by molar-refractivity contribution is 6.23. The molecule has 0 spiro atoms. The number of amidine groups is 1. The zero-order valence-electron chi connectivity index (χ0n) is 37.2. The van der Waals surface area contributed by atoms with Crippen molar-refractivity contribution in [2.24, 2.45) is 4.99 Å². The predicted octanol–water partition coefficient (Wildman–Crippen LogP) is 15.4. The lowest BCUT2D eigenvalue weighted by atomic mass is 9.93. The Kier molecular flexibility index (Phi) is 9.66. The lowest BCUT2D eigenvalue weighted by Gasteiger charge is -2.34. The summed E-state index contributed by atoms with van der Waals surface area (Å²) in [5.41, 5.74) is 17.1. The molecule has 1 aliphatic rings. The number of benzene rings is 10. The zero-order valence-corrected chi connectivity index (χ0v) is 37.2. The number of para-hydroxylation sites is 2. The summed E-state index contributed by atoms with van der Waals surface area (Å²) in [5, 5.41) is 12.8. The molecule has 68 heavy (non-hydrogen) atoms. The Morgan fingerprint density at radius 2 is 0.882 bits per heavy atom. The highest BCUT2D eigenvalue weighted by atomic mass is 15.4. The topological polar surface area (TPSA) is 46.3 Å². The van der Waals surface area contributed by atoms with E-state index in [1.807, 2.05) is 0 Å². The highest BCUT2D eigenvalue weighted by Gasteiger charge is 2.31. The van der Waals surface area contributed by atoms with Crippen molar-refractivity contribution in [3.05, 3.63) is 260 Å². The first kappa shape index (κ1) is 39.6. The van der Waals surface area contributed by atoms with Crippen LogP contribution < -0.4 is 10.6 Å². The average Bonchev–Trinajstić information content (AvgIpc) is 3.95. The van der Waals surface area contributed by atoms with Crippen molar-refractivity contribution in [2.75, 3.05) is 0 Å². The Balaban J connectivity index is 1.08. The summed E-state index contributed by atoms with van der Waals surface area (Å²) in [4.78, 5) is 5.53. The van der Waals surface area contributed by atoms with E-state index in [1.165, 1.54) is 43.8 Å². The van der Waals surface area contributed by atoms with Crippen molar-refractivity contribution < 1.29 is 0 Å². The van der Waals surface area contributed by atoms with Crippen LogP contribution in [0.5, 0.6) is 0 Å². The Hall–Kier alpha value is -8.77. The van der Waals surface area contributed by atoms with Crippen molar-refractivity contribution in [2.45, 2.75) is 12.5 Å². The molecule has 0 saturated heterocycles. The number of aromatic nitrogens is 2. The largest absolute Gasteiger partial charge is 0.337 e. The molecule has 0 saturated carbocycles. The van der Waals surface area contributed by atoms with Crippen LogP contribution in [0.15, 0.2) is 254 Å². The smallest absolute Gasteiger partial charge is 0.162 e. The summed E-state index contributed by atoms with van der Waals surface area (Å²) in [6.45, 7) is 0. The summed E-state index contributed by atoms with van der Waals surface area (Å²) in [7, 11) is 0. The molecular formula is C63H45N5. The van der Waals surface area contributed by atoms with Crippen molar-refractivity contribution in [1.29, 1.82) is 0 Å². The van der Waals surface area contributed by atoms with E-state index in [4.69, 9.17) is 4.99 Å². The van der Waals surface area contributed by atoms with E-state index in [1.54, 1.807) is 0 Å². The molecule has 2 atom stereocenters. The van der Waals surface area contributed by atoms with Crippen LogP contribution in [0.25, 0.3) is 93.8 Å². The Labute approximate surface area is 394 Å². The number of hydrogen-bond donors (Lipinski definition) is 2. The molecule has 0 fully saturated rings. The first-order chi connectivity index (χ1) is 33.7. The fourth-order valence-corrected chi connectivity index (χ4v) is 10.5. The van der Waals surface area contributed by atoms with Crippen molar-refractivity contribution in [3.8, 4) is 50.2 Å². The Morgan fingerprint density at radius 3 is 1.57 bits per heavy atom. The fourth-order valence-electron chi connectivity index (χ4n) is 10.5. The van der Waals surface area contributed by atoms with Crippen LogP contribution in [0, 0.1) is 0 Å². The Bertz CT molecular complexity index is 3850. The molecular weight excluding hydrogens is 827 g/mol. The minimum absolute atomic E-state index is 0.381. The molecule has 322 valence electrons. The van der Waals surface area contributed by atoms with Gasteiger partial charge in [-0.15, -0.1) is 0 Å². The number of fused-ring (bicyclic) bond motifs is 7. The highest BCUT2D eigenvalue weighted by Crippen LogP contribution is 2.45. The predicted molar refractivity (Wildman–Crippen MR) is 283 cm³/mol. The summed E-state index contributed by atoms with van der Waals surface area (Å²) < 4.78 is 5.02. The van der Waals surface area contributed by atoms with E-state index in [0.29, 0.717) is 0 Å². The van der Waals surface area contributed by atoms with E-state index in [0.717, 1.165) is 67.0 Å². The van der Waals surface area contributed by atoms with Gasteiger partial charge in [0, 0.05) is 32.7 Å². The van der Waals surface area contributed by atoms with Gasteiger partial charge in [0.15, 0.2) is 6.29 Å². The SMILES string of the molecule is c1ccc(-c2cccc(C3=NC(c4cccc(-c5ccccc5)c4)NC(n4c5ccccc5c5ccc6c7ccccc7n(-c7cccc(-c8ccccc8)c7-c7ccccc7)c6c54)N3)c2)cc1. The maximum atomic E-state index is 5.53. The third-order valence-corrected chi connectivity index (χ3v) is 13.6. The van der Waals surface area contributed by atoms with Gasteiger partial charge in [-0.3, -0.25) is 5.32 Å². The van der Waals surface area contributed by atoms with Crippen LogP contribution in [0.3, 0.4) is 0 Å². The van der Waals surface area contributed by atoms with Crippen LogP contribution in [0.4, 0.5) is 0 Å². The second kappa shape index (κ2) is 16.6. The number of hydrogen-bond acceptors (Lipinski definition) is 3. The van der Waals surface area contributed by atoms with Crippen LogP contribution in [0.1, 0.15) is 23.6 Å². The van der Waals surface area contributed by atoms with Gasteiger partial charge >= 0.3 is 0 Å². The molecule has 5 nitrogen and oxygen atoms in total. The first-order valence-electron chi connectivity index (χ1n) is 23.4. The van der Waals surface area contributed by atoms with E-state index < -0.39 is 6.29 Å². The molecule has 12 aromatic rings. The second-order valence-corrected chi connectivity index (χ2v) is 17.6. The molecule has 0 radical (unpaired) electrons. The van der Waals surface area contributed by atoms with Gasteiger partial charge in [-0.05, 0) is 74.8 Å². The number of nitrogens with zero attached hydrogens (tertiary/aromatic N) is 3. The normalized spacial score (nSPS) is 14.9. The van der Waals surface area contributed by atoms with Crippen molar-refractivity contribution in [3.63, 3.8) is 0 Å². The lowest BCUT2D eigenvalue weighted by molar-refractivity contribution is 0.330. The summed E-state index contributed by atoms with van der Waals surface area (Å²) in [5.74, 6) is 0.822. The van der Waals surface area contributed by atoms with Crippen LogP contribution in [-0.2, 0) is 0 Å². The molecule has 1 aliphatic heterocycles. The van der Waals surface area contributed by atoms with E-state index in [2.05, 4.69) is 268 Å². The minimum Gasteiger partial charge on any atom is -0.337 e. The maximum absolute atomic E-state index is 5.53. The third-order valence-electron chi connectivity index (χ3n) is 13.6. The zero-order chi connectivity index (χ0) is 45.0. The van der Waals surface area contributed by atoms with Gasteiger partial charge in [-0.25, -0.2) is 4.99 Å². The van der Waals surface area contributed by atoms with Crippen molar-refractivity contribution >= 4 is 49.4 Å². The molecule has 0 amide bonds. The van der Waals surface area contributed by atoms with Crippen LogP contribution in [-0.4, -0.2) is 15.0 Å². The standard InChI is InChI=1S/C63H45N5/c1-5-20-42(21-6-1)46-28-17-30-48(40-46)61-64-62(49-31-18-29-47(41-49)43-22-7-2-8-23-43)66-63(65-61)68-56-36-16-14-33-52(56)54-39-38-53-51-32-13-15-35-55(51)67(59(53)60(54)68)57-37-19-34-50(44-24-9-3-10-25-44)58(57)45-26-11-4-12-27-45/h1-41,61,63,65H,(H,64,66). The third kappa shape index (κ3) is 6.71. The second-order valence-electron chi connectivity index (χ2n) is 17.6. The van der Waals surface area contributed by atoms with Crippen LogP contribution in [0.2, 0.25) is 0 Å². The van der Waals surface area contributed by atoms with Gasteiger partial charge in [0.25, 0.3) is 0 Å². The minimum atomic E-state index is -0.419. The van der Waals surface area contributed by atoms with Crippen LogP contribution >= 0.6 is 0 Å². The molecule has 0 bridgehead atoms. The lowest BCUT2D eigenvalue weighted by Crippen LogP contribution is -2.47. The van der Waals surface area contributed by atoms with Gasteiger partial charge in [0.05, 0.1) is 27.8 Å². The number of rotatable bonds is 8. The first-order valence-corrected chi connectivity index (χ1v) is 23.4. The molecule has 2 unspecified atom stereocenters. The van der Waals surface area contributed by atoms with E-state index >= 15 is 0 Å². The van der Waals surface area contributed by atoms with E-state index in [9.17, 15) is 0 Å². The maximum Gasteiger partial charge on any atom is 0.162 e. The quantitative estimate of drug-likeness (QED) is 0.160. The molecule has 0 aliphatic carbocycles. The van der Waals surface area contributed by atoms with Crippen molar-refractivity contribution in [1.82, 2.24) is 19.8 Å². The monoisotopic (exact) mass is 871 g/mol. The molecule has 5 heteroatoms. The van der Waals surface area contributed by atoms with Gasteiger partial charge < -0.3 is 14.5 Å². The molecule has 2 N–H and O–H groups in total. The van der Waals surface area contributed by atoms with E-state index in [-0.39, 0.29) is 6.17 Å². The fraction of sp³-hybridized carbons (Fsp3) is 0.0317.